The van der Waals surface area contributed by atoms with E-state index in [0.717, 1.165) is 42.6 Å². The highest BCUT2D eigenvalue weighted by atomic mass is 19.1. The molecule has 154 valence electrons. The first-order valence-electron chi connectivity index (χ1n) is 10.3. The minimum atomic E-state index is -0.287. The third kappa shape index (κ3) is 4.64. The van der Waals surface area contributed by atoms with Gasteiger partial charge in [0.25, 0.3) is 0 Å². The molecular formula is C24H25FN4O. The fraction of sp³-hybridized carbons (Fsp3) is 0.292. The van der Waals surface area contributed by atoms with Crippen molar-refractivity contribution >= 4 is 11.9 Å². The number of aromatic nitrogens is 2. The second-order valence-electron chi connectivity index (χ2n) is 7.70. The first-order valence-corrected chi connectivity index (χ1v) is 10.3. The van der Waals surface area contributed by atoms with E-state index >= 15 is 0 Å². The predicted molar refractivity (Wildman–Crippen MR) is 115 cm³/mol. The van der Waals surface area contributed by atoms with Crippen molar-refractivity contribution < 1.29 is 9.18 Å². The fourth-order valence-electron chi connectivity index (χ4n) is 4.05. The minimum absolute atomic E-state index is 0.0739. The average molecular weight is 404 g/mol. The Labute approximate surface area is 175 Å². The van der Waals surface area contributed by atoms with Gasteiger partial charge in [0.05, 0.1) is 5.69 Å². The van der Waals surface area contributed by atoms with Crippen molar-refractivity contribution in [2.24, 2.45) is 0 Å². The van der Waals surface area contributed by atoms with E-state index in [0.29, 0.717) is 13.0 Å². The number of carbonyl (C=O) groups excluding carboxylic acids is 1. The summed E-state index contributed by atoms with van der Waals surface area (Å²) in [6, 6.07) is 16.4. The molecule has 2 heterocycles. The summed E-state index contributed by atoms with van der Waals surface area (Å²) in [6.45, 7) is 1.37. The Balaban J connectivity index is 1.51. The van der Waals surface area contributed by atoms with E-state index < -0.39 is 0 Å². The topological polar surface area (TPSA) is 72.1 Å². The standard InChI is InChI=1S/C24H25FN4O/c25-20-11-9-18(10-12-20)21-15-27-24(26)28-23(21)19-7-4-14-29(16-19)22(30)13-8-17-5-2-1-3-6-17/h1-3,5-6,9-12,15,19H,4,7-8,13-14,16H2,(H2,26,27,28). The number of benzene rings is 2. The number of anilines is 1. The number of hydrogen-bond acceptors (Lipinski definition) is 4. The maximum absolute atomic E-state index is 13.4. The lowest BCUT2D eigenvalue weighted by Crippen LogP contribution is -2.39. The summed E-state index contributed by atoms with van der Waals surface area (Å²) in [4.78, 5) is 23.4. The molecule has 1 atom stereocenters. The molecule has 6 heteroatoms. The second kappa shape index (κ2) is 9.03. The Morgan fingerprint density at radius 2 is 1.90 bits per heavy atom. The van der Waals surface area contributed by atoms with Gasteiger partial charge in [-0.15, -0.1) is 0 Å². The highest BCUT2D eigenvalue weighted by Gasteiger charge is 2.27. The van der Waals surface area contributed by atoms with Gasteiger partial charge in [0.1, 0.15) is 5.82 Å². The van der Waals surface area contributed by atoms with Crippen molar-refractivity contribution in [1.82, 2.24) is 14.9 Å². The lowest BCUT2D eigenvalue weighted by Gasteiger charge is -2.33. The normalized spacial score (nSPS) is 16.4. The van der Waals surface area contributed by atoms with Crippen molar-refractivity contribution in [3.8, 4) is 11.1 Å². The molecule has 0 radical (unpaired) electrons. The predicted octanol–water partition coefficient (Wildman–Crippen LogP) is 4.20. The summed E-state index contributed by atoms with van der Waals surface area (Å²) in [5, 5.41) is 0. The largest absolute Gasteiger partial charge is 0.368 e. The van der Waals surface area contributed by atoms with Crippen LogP contribution in [0.5, 0.6) is 0 Å². The van der Waals surface area contributed by atoms with E-state index in [9.17, 15) is 9.18 Å². The van der Waals surface area contributed by atoms with Crippen LogP contribution in [0.3, 0.4) is 0 Å². The van der Waals surface area contributed by atoms with E-state index in [1.54, 1.807) is 18.3 Å². The molecule has 1 aliphatic heterocycles. The molecule has 0 aliphatic carbocycles. The van der Waals surface area contributed by atoms with Gasteiger partial charge in [-0.25, -0.2) is 14.4 Å². The highest BCUT2D eigenvalue weighted by molar-refractivity contribution is 5.77. The molecule has 0 spiro atoms. The molecule has 1 unspecified atom stereocenters. The Morgan fingerprint density at radius 1 is 1.13 bits per heavy atom. The zero-order valence-electron chi connectivity index (χ0n) is 16.8. The monoisotopic (exact) mass is 404 g/mol. The Morgan fingerprint density at radius 3 is 2.67 bits per heavy atom. The van der Waals surface area contributed by atoms with Crippen LogP contribution in [-0.4, -0.2) is 33.9 Å². The van der Waals surface area contributed by atoms with Crippen LogP contribution in [-0.2, 0) is 11.2 Å². The van der Waals surface area contributed by atoms with E-state index in [-0.39, 0.29) is 23.6 Å². The Hall–Kier alpha value is -3.28. The van der Waals surface area contributed by atoms with Crippen LogP contribution >= 0.6 is 0 Å². The van der Waals surface area contributed by atoms with Crippen LogP contribution in [0, 0.1) is 5.82 Å². The number of amides is 1. The molecule has 1 amide bonds. The van der Waals surface area contributed by atoms with Crippen LogP contribution in [0.2, 0.25) is 0 Å². The summed E-state index contributed by atoms with van der Waals surface area (Å²) in [6.07, 6.45) is 4.76. The molecule has 1 fully saturated rings. The highest BCUT2D eigenvalue weighted by Crippen LogP contribution is 2.33. The Bertz CT molecular complexity index is 1010. The average Bonchev–Trinajstić information content (AvgIpc) is 2.79. The van der Waals surface area contributed by atoms with Gasteiger partial charge in [0, 0.05) is 37.2 Å². The maximum atomic E-state index is 13.4. The number of rotatable bonds is 5. The number of aryl methyl sites for hydroxylation is 1. The summed E-state index contributed by atoms with van der Waals surface area (Å²) in [7, 11) is 0. The molecule has 4 rings (SSSR count). The molecule has 2 aromatic carbocycles. The number of carbonyl (C=O) groups is 1. The third-order valence-electron chi connectivity index (χ3n) is 5.62. The van der Waals surface area contributed by atoms with E-state index in [1.807, 2.05) is 35.2 Å². The molecular weight excluding hydrogens is 379 g/mol. The number of likely N-dealkylation sites (tertiary alicyclic amines) is 1. The zero-order chi connectivity index (χ0) is 20.9. The summed E-state index contributed by atoms with van der Waals surface area (Å²) in [5.41, 5.74) is 9.56. The summed E-state index contributed by atoms with van der Waals surface area (Å²) in [5.74, 6) is 0.159. The van der Waals surface area contributed by atoms with Gasteiger partial charge in [-0.3, -0.25) is 4.79 Å². The quantitative estimate of drug-likeness (QED) is 0.692. The van der Waals surface area contributed by atoms with Crippen molar-refractivity contribution in [3.63, 3.8) is 0 Å². The smallest absolute Gasteiger partial charge is 0.222 e. The molecule has 0 bridgehead atoms. The number of nitrogens with zero attached hydrogens (tertiary/aromatic N) is 3. The molecule has 1 saturated heterocycles. The number of nitrogens with two attached hydrogens (primary N) is 1. The molecule has 1 aromatic heterocycles. The van der Waals surface area contributed by atoms with E-state index in [1.165, 1.54) is 17.7 Å². The van der Waals surface area contributed by atoms with Gasteiger partial charge >= 0.3 is 0 Å². The van der Waals surface area contributed by atoms with E-state index in [4.69, 9.17) is 5.73 Å². The van der Waals surface area contributed by atoms with Crippen molar-refractivity contribution in [2.75, 3.05) is 18.8 Å². The third-order valence-corrected chi connectivity index (χ3v) is 5.62. The Kier molecular flexibility index (Phi) is 6.02. The van der Waals surface area contributed by atoms with E-state index in [2.05, 4.69) is 9.97 Å². The van der Waals surface area contributed by atoms with Crippen LogP contribution in [0.15, 0.2) is 60.8 Å². The van der Waals surface area contributed by atoms with Crippen LogP contribution in [0.4, 0.5) is 10.3 Å². The first-order chi connectivity index (χ1) is 14.6. The number of hydrogen-bond donors (Lipinski definition) is 1. The SMILES string of the molecule is Nc1ncc(-c2ccc(F)cc2)c(C2CCCN(C(=O)CCc3ccccc3)C2)n1. The zero-order valence-corrected chi connectivity index (χ0v) is 16.8. The molecule has 3 aromatic rings. The van der Waals surface area contributed by atoms with Crippen molar-refractivity contribution in [1.29, 1.82) is 0 Å². The molecule has 2 N–H and O–H groups in total. The van der Waals surface area contributed by atoms with Crippen LogP contribution in [0.1, 0.15) is 36.4 Å². The number of piperidine rings is 1. The lowest BCUT2D eigenvalue weighted by atomic mass is 9.89. The first kappa shape index (κ1) is 20.0. The fourth-order valence-corrected chi connectivity index (χ4v) is 4.05. The lowest BCUT2D eigenvalue weighted by molar-refractivity contribution is -0.132. The maximum Gasteiger partial charge on any atom is 0.222 e. The molecule has 30 heavy (non-hydrogen) atoms. The molecule has 1 aliphatic rings. The molecule has 5 nitrogen and oxygen atoms in total. The van der Waals surface area contributed by atoms with Gasteiger partial charge < -0.3 is 10.6 Å². The van der Waals surface area contributed by atoms with Crippen LogP contribution < -0.4 is 5.73 Å². The second-order valence-corrected chi connectivity index (χ2v) is 7.70. The van der Waals surface area contributed by atoms with Gasteiger partial charge in [0.15, 0.2) is 0 Å². The van der Waals surface area contributed by atoms with Crippen molar-refractivity contribution in [3.05, 3.63) is 77.9 Å². The van der Waals surface area contributed by atoms with Gasteiger partial charge in [-0.05, 0) is 42.5 Å². The van der Waals surface area contributed by atoms with Crippen LogP contribution in [0.25, 0.3) is 11.1 Å². The number of nitrogen functional groups attached to an aromatic ring is 1. The van der Waals surface area contributed by atoms with Gasteiger partial charge in [-0.2, -0.15) is 0 Å². The summed E-state index contributed by atoms with van der Waals surface area (Å²) < 4.78 is 13.4. The van der Waals surface area contributed by atoms with Gasteiger partial charge in [0.2, 0.25) is 11.9 Å². The van der Waals surface area contributed by atoms with Crippen molar-refractivity contribution in [2.45, 2.75) is 31.6 Å². The number of halogens is 1. The van der Waals surface area contributed by atoms with Gasteiger partial charge in [-0.1, -0.05) is 42.5 Å². The molecule has 0 saturated carbocycles. The summed E-state index contributed by atoms with van der Waals surface area (Å²) >= 11 is 0. The minimum Gasteiger partial charge on any atom is -0.368 e.